The first-order valence-electron chi connectivity index (χ1n) is 6.57. The second-order valence-corrected chi connectivity index (χ2v) is 5.65. The van der Waals surface area contributed by atoms with Gasteiger partial charge in [0.05, 0.1) is 0 Å². The molecule has 0 aliphatic heterocycles. The van der Waals surface area contributed by atoms with Crippen LogP contribution >= 0.6 is 11.3 Å². The molecule has 0 saturated heterocycles. The second kappa shape index (κ2) is 6.99. The maximum absolute atomic E-state index is 11.7. The third kappa shape index (κ3) is 4.39. The number of ether oxygens (including phenoxy) is 1. The lowest BCUT2D eigenvalue weighted by Gasteiger charge is -2.06. The van der Waals surface area contributed by atoms with Gasteiger partial charge in [0.15, 0.2) is 17.5 Å². The number of nitrogens with one attached hydrogen (secondary N) is 1. The quantitative estimate of drug-likeness (QED) is 0.833. The van der Waals surface area contributed by atoms with Crippen molar-refractivity contribution >= 4 is 28.2 Å². The number of nitrogens with zero attached hydrogens (tertiary/aromatic N) is 1. The number of aromatic nitrogens is 1. The van der Waals surface area contributed by atoms with Crippen LogP contribution in [0.2, 0.25) is 0 Å². The monoisotopic (exact) mass is 304 g/mol. The van der Waals surface area contributed by atoms with Crippen molar-refractivity contribution in [3.8, 4) is 5.75 Å². The number of rotatable bonds is 6. The maximum Gasteiger partial charge on any atom is 0.264 e. The van der Waals surface area contributed by atoms with Crippen LogP contribution in [-0.2, 0) is 4.79 Å². The summed E-state index contributed by atoms with van der Waals surface area (Å²) in [5.74, 6) is 0.365. The minimum absolute atomic E-state index is 0.0819. The fraction of sp³-hybridized carbons (Fsp3) is 0.267. The number of thiazole rings is 1. The summed E-state index contributed by atoms with van der Waals surface area (Å²) >= 11 is 1.41. The first-order valence-corrected chi connectivity index (χ1v) is 7.38. The summed E-state index contributed by atoms with van der Waals surface area (Å²) in [5, 5.41) is 3.22. The standard InChI is InChI=1S/C15H16N2O3S/c1-3-13(18)11-4-6-12(7-5-11)20-9-14(19)17-15-16-8-10(2)21-15/h4-8H,3,9H2,1-2H3,(H,16,17,19). The Labute approximate surface area is 127 Å². The van der Waals surface area contributed by atoms with Gasteiger partial charge in [0.25, 0.3) is 5.91 Å². The number of carbonyl (C=O) groups excluding carboxylic acids is 2. The average Bonchev–Trinajstić information content (AvgIpc) is 2.90. The predicted molar refractivity (Wildman–Crippen MR) is 82.0 cm³/mol. The van der Waals surface area contributed by atoms with Crippen LogP contribution in [0.5, 0.6) is 5.75 Å². The largest absolute Gasteiger partial charge is 0.484 e. The molecule has 0 spiro atoms. The minimum atomic E-state index is -0.266. The summed E-state index contributed by atoms with van der Waals surface area (Å²) in [5.41, 5.74) is 0.646. The Balaban J connectivity index is 1.85. The highest BCUT2D eigenvalue weighted by Gasteiger charge is 2.07. The van der Waals surface area contributed by atoms with Gasteiger partial charge in [-0.3, -0.25) is 14.9 Å². The van der Waals surface area contributed by atoms with Crippen LogP contribution in [0.25, 0.3) is 0 Å². The highest BCUT2D eigenvalue weighted by atomic mass is 32.1. The number of hydrogen-bond acceptors (Lipinski definition) is 5. The van der Waals surface area contributed by atoms with Gasteiger partial charge >= 0.3 is 0 Å². The molecular formula is C15H16N2O3S. The Morgan fingerprint density at radius 3 is 2.57 bits per heavy atom. The van der Waals surface area contributed by atoms with Gasteiger partial charge in [-0.2, -0.15) is 0 Å². The zero-order chi connectivity index (χ0) is 15.2. The van der Waals surface area contributed by atoms with E-state index in [0.29, 0.717) is 22.9 Å². The third-order valence-corrected chi connectivity index (χ3v) is 3.56. The summed E-state index contributed by atoms with van der Waals surface area (Å²) in [7, 11) is 0. The van der Waals surface area contributed by atoms with Crippen LogP contribution in [0.15, 0.2) is 30.5 Å². The second-order valence-electron chi connectivity index (χ2n) is 4.41. The van der Waals surface area contributed by atoms with Crippen LogP contribution in [0.4, 0.5) is 5.13 Å². The van der Waals surface area contributed by atoms with Crippen LogP contribution in [0, 0.1) is 6.92 Å². The van der Waals surface area contributed by atoms with Crippen molar-refractivity contribution in [3.63, 3.8) is 0 Å². The zero-order valence-corrected chi connectivity index (χ0v) is 12.7. The summed E-state index contributed by atoms with van der Waals surface area (Å²) in [6, 6.07) is 6.76. The Kier molecular flexibility index (Phi) is 5.05. The Bertz CT molecular complexity index is 635. The van der Waals surface area contributed by atoms with E-state index in [2.05, 4.69) is 10.3 Å². The van der Waals surface area contributed by atoms with E-state index in [1.165, 1.54) is 11.3 Å². The molecule has 1 amide bonds. The van der Waals surface area contributed by atoms with Gasteiger partial charge in [0, 0.05) is 23.1 Å². The van der Waals surface area contributed by atoms with Crippen LogP contribution in [-0.4, -0.2) is 23.3 Å². The SMILES string of the molecule is CCC(=O)c1ccc(OCC(=O)Nc2ncc(C)s2)cc1. The van der Waals surface area contributed by atoms with E-state index in [4.69, 9.17) is 4.74 Å². The molecule has 0 unspecified atom stereocenters. The van der Waals surface area contributed by atoms with Crippen molar-refractivity contribution in [2.75, 3.05) is 11.9 Å². The number of anilines is 1. The van der Waals surface area contributed by atoms with Crippen LogP contribution in [0.1, 0.15) is 28.6 Å². The molecule has 0 atom stereocenters. The summed E-state index contributed by atoms with van der Waals surface area (Å²) < 4.78 is 5.37. The molecule has 0 radical (unpaired) electrons. The summed E-state index contributed by atoms with van der Waals surface area (Å²) in [4.78, 5) is 28.3. The molecule has 1 N–H and O–H groups in total. The molecule has 2 rings (SSSR count). The summed E-state index contributed by atoms with van der Waals surface area (Å²) in [6.45, 7) is 3.64. The fourth-order valence-corrected chi connectivity index (χ4v) is 2.34. The molecule has 6 heteroatoms. The highest BCUT2D eigenvalue weighted by Crippen LogP contribution is 2.17. The van der Waals surface area contributed by atoms with Gasteiger partial charge in [-0.25, -0.2) is 4.98 Å². The van der Waals surface area contributed by atoms with Gasteiger partial charge in [0.1, 0.15) is 5.75 Å². The molecule has 110 valence electrons. The Morgan fingerprint density at radius 2 is 2.00 bits per heavy atom. The first kappa shape index (κ1) is 15.2. The van der Waals surface area contributed by atoms with Crippen molar-refractivity contribution in [1.29, 1.82) is 0 Å². The minimum Gasteiger partial charge on any atom is -0.484 e. The van der Waals surface area contributed by atoms with E-state index in [1.54, 1.807) is 30.5 Å². The molecule has 0 saturated carbocycles. The number of hydrogen-bond donors (Lipinski definition) is 1. The highest BCUT2D eigenvalue weighted by molar-refractivity contribution is 7.15. The van der Waals surface area contributed by atoms with Gasteiger partial charge in [-0.1, -0.05) is 6.92 Å². The van der Waals surface area contributed by atoms with Gasteiger partial charge in [-0.05, 0) is 31.2 Å². The third-order valence-electron chi connectivity index (χ3n) is 2.73. The molecule has 0 bridgehead atoms. The Morgan fingerprint density at radius 1 is 1.29 bits per heavy atom. The fourth-order valence-electron chi connectivity index (χ4n) is 1.66. The van der Waals surface area contributed by atoms with Gasteiger partial charge in [0.2, 0.25) is 0 Å². The molecule has 21 heavy (non-hydrogen) atoms. The van der Waals surface area contributed by atoms with E-state index < -0.39 is 0 Å². The molecule has 0 fully saturated rings. The topological polar surface area (TPSA) is 68.3 Å². The van der Waals surface area contributed by atoms with E-state index >= 15 is 0 Å². The number of aryl methyl sites for hydroxylation is 1. The van der Waals surface area contributed by atoms with Crippen molar-refractivity contribution < 1.29 is 14.3 Å². The number of amides is 1. The van der Waals surface area contributed by atoms with E-state index in [-0.39, 0.29) is 18.3 Å². The van der Waals surface area contributed by atoms with E-state index in [1.807, 2.05) is 13.8 Å². The number of carbonyl (C=O) groups is 2. The molecule has 5 nitrogen and oxygen atoms in total. The van der Waals surface area contributed by atoms with E-state index in [9.17, 15) is 9.59 Å². The van der Waals surface area contributed by atoms with Crippen LogP contribution in [0.3, 0.4) is 0 Å². The van der Waals surface area contributed by atoms with E-state index in [0.717, 1.165) is 4.88 Å². The molecule has 1 aromatic heterocycles. The maximum atomic E-state index is 11.7. The zero-order valence-electron chi connectivity index (χ0n) is 11.9. The predicted octanol–water partition coefficient (Wildman–Crippen LogP) is 3.06. The molecule has 0 aliphatic carbocycles. The summed E-state index contributed by atoms with van der Waals surface area (Å²) in [6.07, 6.45) is 2.17. The number of Topliss-reactive ketones (excluding diaryl/α,β-unsaturated/α-hetero) is 1. The molecular weight excluding hydrogens is 288 g/mol. The lowest BCUT2D eigenvalue weighted by atomic mass is 10.1. The number of ketones is 1. The first-order chi connectivity index (χ1) is 10.1. The van der Waals surface area contributed by atoms with Crippen molar-refractivity contribution in [1.82, 2.24) is 4.98 Å². The smallest absolute Gasteiger partial charge is 0.264 e. The molecule has 1 heterocycles. The van der Waals surface area contributed by atoms with Gasteiger partial charge in [-0.15, -0.1) is 11.3 Å². The van der Waals surface area contributed by atoms with Crippen molar-refractivity contribution in [3.05, 3.63) is 40.9 Å². The van der Waals surface area contributed by atoms with Crippen LogP contribution < -0.4 is 10.1 Å². The lowest BCUT2D eigenvalue weighted by Crippen LogP contribution is -2.20. The Hall–Kier alpha value is -2.21. The normalized spacial score (nSPS) is 10.2. The molecule has 2 aromatic rings. The van der Waals surface area contributed by atoms with Crippen molar-refractivity contribution in [2.24, 2.45) is 0 Å². The number of benzene rings is 1. The van der Waals surface area contributed by atoms with Crippen molar-refractivity contribution in [2.45, 2.75) is 20.3 Å². The average molecular weight is 304 g/mol. The molecule has 0 aliphatic rings. The molecule has 1 aromatic carbocycles. The lowest BCUT2D eigenvalue weighted by molar-refractivity contribution is -0.118. The van der Waals surface area contributed by atoms with Gasteiger partial charge < -0.3 is 4.74 Å².